The van der Waals surface area contributed by atoms with Gasteiger partial charge in [0, 0.05) is 36.7 Å². The molecule has 0 aliphatic heterocycles. The van der Waals surface area contributed by atoms with E-state index in [9.17, 15) is 9.59 Å². The van der Waals surface area contributed by atoms with Gasteiger partial charge >= 0.3 is 6.03 Å². The van der Waals surface area contributed by atoms with Gasteiger partial charge in [-0.2, -0.15) is 0 Å². The average molecular weight is 298 g/mol. The second-order valence-electron chi connectivity index (χ2n) is 4.96. The maximum absolute atomic E-state index is 12.1. The lowest BCUT2D eigenvalue weighted by Gasteiger charge is -2.13. The Labute approximate surface area is 128 Å². The van der Waals surface area contributed by atoms with E-state index < -0.39 is 6.03 Å². The Morgan fingerprint density at radius 3 is 1.86 bits per heavy atom. The molecule has 0 aliphatic carbocycles. The molecule has 0 unspecified atom stereocenters. The topological polar surface area (TPSA) is 87.5 Å². The third-order valence-corrected chi connectivity index (χ3v) is 3.06. The minimum absolute atomic E-state index is 0.219. The Kier molecular flexibility index (Phi) is 4.63. The molecule has 3 amide bonds. The molecule has 0 spiro atoms. The van der Waals surface area contributed by atoms with Crippen molar-refractivity contribution >= 4 is 29.0 Å². The summed E-state index contributed by atoms with van der Waals surface area (Å²) in [6, 6.07) is 13.4. The lowest BCUT2D eigenvalue weighted by atomic mass is 10.2. The summed E-state index contributed by atoms with van der Waals surface area (Å²) in [4.78, 5) is 24.8. The van der Waals surface area contributed by atoms with Crippen LogP contribution in [0.25, 0.3) is 0 Å². The first-order valence-corrected chi connectivity index (χ1v) is 6.71. The minimum atomic E-state index is -0.641. The molecule has 2 rings (SSSR count). The van der Waals surface area contributed by atoms with Crippen LogP contribution in [0.1, 0.15) is 10.4 Å². The van der Waals surface area contributed by atoms with Crippen LogP contribution in [-0.2, 0) is 0 Å². The van der Waals surface area contributed by atoms with Crippen LogP contribution in [-0.4, -0.2) is 26.0 Å². The van der Waals surface area contributed by atoms with Crippen molar-refractivity contribution in [3.8, 4) is 0 Å². The van der Waals surface area contributed by atoms with E-state index in [1.54, 1.807) is 24.3 Å². The Morgan fingerprint density at radius 1 is 0.864 bits per heavy atom. The molecule has 0 aromatic heterocycles. The van der Waals surface area contributed by atoms with Gasteiger partial charge in [0.1, 0.15) is 0 Å². The molecule has 22 heavy (non-hydrogen) atoms. The maximum Gasteiger partial charge on any atom is 0.316 e. The maximum atomic E-state index is 12.1. The van der Waals surface area contributed by atoms with E-state index in [0.717, 1.165) is 11.4 Å². The number of urea groups is 1. The van der Waals surface area contributed by atoms with E-state index in [4.69, 9.17) is 5.73 Å². The Hall–Kier alpha value is -3.02. The van der Waals surface area contributed by atoms with E-state index in [0.29, 0.717) is 11.3 Å². The molecule has 0 radical (unpaired) electrons. The monoisotopic (exact) mass is 298 g/mol. The van der Waals surface area contributed by atoms with Crippen LogP contribution in [0, 0.1) is 0 Å². The van der Waals surface area contributed by atoms with Crippen molar-refractivity contribution in [1.29, 1.82) is 0 Å². The Bertz CT molecular complexity index is 664. The number of primary amides is 1. The number of nitrogens with one attached hydrogen (secondary N) is 2. The number of nitrogens with two attached hydrogens (primary N) is 1. The van der Waals surface area contributed by atoms with Crippen molar-refractivity contribution in [1.82, 2.24) is 0 Å². The van der Waals surface area contributed by atoms with Gasteiger partial charge in [0.05, 0.1) is 0 Å². The summed E-state index contributed by atoms with van der Waals surface area (Å²) in [5, 5.41) is 5.25. The molecule has 0 atom stereocenters. The van der Waals surface area contributed by atoms with Crippen molar-refractivity contribution in [2.45, 2.75) is 0 Å². The molecule has 0 saturated carbocycles. The van der Waals surface area contributed by atoms with Gasteiger partial charge in [-0.1, -0.05) is 0 Å². The predicted octanol–water partition coefficient (Wildman–Crippen LogP) is 2.50. The normalized spacial score (nSPS) is 9.91. The van der Waals surface area contributed by atoms with Crippen LogP contribution in [0.5, 0.6) is 0 Å². The van der Waals surface area contributed by atoms with Gasteiger partial charge in [0.2, 0.25) is 0 Å². The first kappa shape index (κ1) is 15.4. The summed E-state index contributed by atoms with van der Waals surface area (Å²) in [6.07, 6.45) is 0. The molecule has 6 nitrogen and oxygen atoms in total. The molecule has 0 bridgehead atoms. The van der Waals surface area contributed by atoms with Crippen LogP contribution in [0.2, 0.25) is 0 Å². The molecule has 2 aromatic carbocycles. The molecule has 0 aliphatic rings. The van der Waals surface area contributed by atoms with Crippen LogP contribution >= 0.6 is 0 Å². The minimum Gasteiger partial charge on any atom is -0.378 e. The zero-order valence-corrected chi connectivity index (χ0v) is 12.5. The molecular formula is C16H18N4O2. The van der Waals surface area contributed by atoms with Gasteiger partial charge in [-0.15, -0.1) is 0 Å². The first-order chi connectivity index (χ1) is 10.5. The summed E-state index contributed by atoms with van der Waals surface area (Å²) in [5.74, 6) is -0.219. The van der Waals surface area contributed by atoms with E-state index in [1.807, 2.05) is 43.3 Å². The van der Waals surface area contributed by atoms with Crippen molar-refractivity contribution < 1.29 is 9.59 Å². The molecule has 2 aromatic rings. The fourth-order valence-electron chi connectivity index (χ4n) is 1.89. The molecule has 0 heterocycles. The lowest BCUT2D eigenvalue weighted by molar-refractivity contribution is 0.102. The second kappa shape index (κ2) is 6.62. The fraction of sp³-hybridized carbons (Fsp3) is 0.125. The molecule has 0 saturated heterocycles. The first-order valence-electron chi connectivity index (χ1n) is 6.71. The number of amides is 3. The largest absolute Gasteiger partial charge is 0.378 e. The summed E-state index contributed by atoms with van der Waals surface area (Å²) < 4.78 is 0. The van der Waals surface area contributed by atoms with E-state index in [-0.39, 0.29) is 5.91 Å². The SMILES string of the molecule is CN(C)c1ccc(NC(=O)c2ccc(NC(N)=O)cc2)cc1. The Morgan fingerprint density at radius 2 is 1.36 bits per heavy atom. The van der Waals surface area contributed by atoms with E-state index in [1.165, 1.54) is 0 Å². The van der Waals surface area contributed by atoms with Gasteiger partial charge in [-0.05, 0) is 48.5 Å². The summed E-state index contributed by atoms with van der Waals surface area (Å²) in [7, 11) is 3.91. The van der Waals surface area contributed by atoms with Crippen LogP contribution in [0.4, 0.5) is 21.9 Å². The number of anilines is 3. The zero-order valence-electron chi connectivity index (χ0n) is 12.5. The highest BCUT2D eigenvalue weighted by Gasteiger charge is 2.06. The summed E-state index contributed by atoms with van der Waals surface area (Å²) in [5.41, 5.74) is 7.83. The summed E-state index contributed by atoms with van der Waals surface area (Å²) in [6.45, 7) is 0. The van der Waals surface area contributed by atoms with E-state index >= 15 is 0 Å². The molecule has 4 N–H and O–H groups in total. The predicted molar refractivity (Wildman–Crippen MR) is 88.4 cm³/mol. The quantitative estimate of drug-likeness (QED) is 0.810. The van der Waals surface area contributed by atoms with Crippen molar-refractivity contribution in [3.05, 3.63) is 54.1 Å². The van der Waals surface area contributed by atoms with Gasteiger partial charge in [-0.25, -0.2) is 4.79 Å². The third-order valence-electron chi connectivity index (χ3n) is 3.06. The number of carbonyl (C=O) groups excluding carboxylic acids is 2. The van der Waals surface area contributed by atoms with Crippen LogP contribution in [0.3, 0.4) is 0 Å². The van der Waals surface area contributed by atoms with Crippen molar-refractivity contribution in [3.63, 3.8) is 0 Å². The number of hydrogen-bond donors (Lipinski definition) is 3. The highest BCUT2D eigenvalue weighted by Crippen LogP contribution is 2.17. The number of rotatable bonds is 4. The highest BCUT2D eigenvalue weighted by atomic mass is 16.2. The molecule has 6 heteroatoms. The standard InChI is InChI=1S/C16H18N4O2/c1-20(2)14-9-7-12(8-10-14)18-15(21)11-3-5-13(6-4-11)19-16(17)22/h3-10H,1-2H3,(H,18,21)(H3,17,19,22). The van der Waals surface area contributed by atoms with Crippen molar-refractivity contribution in [2.75, 3.05) is 29.6 Å². The van der Waals surface area contributed by atoms with Crippen LogP contribution < -0.4 is 21.3 Å². The van der Waals surface area contributed by atoms with Crippen molar-refractivity contribution in [2.24, 2.45) is 5.73 Å². The molecule has 0 fully saturated rings. The zero-order chi connectivity index (χ0) is 16.1. The van der Waals surface area contributed by atoms with Gasteiger partial charge < -0.3 is 21.3 Å². The van der Waals surface area contributed by atoms with Gasteiger partial charge in [0.25, 0.3) is 5.91 Å². The van der Waals surface area contributed by atoms with Crippen LogP contribution in [0.15, 0.2) is 48.5 Å². The fourth-order valence-corrected chi connectivity index (χ4v) is 1.89. The second-order valence-corrected chi connectivity index (χ2v) is 4.96. The number of benzene rings is 2. The number of carbonyl (C=O) groups is 2. The molecule has 114 valence electrons. The number of nitrogens with zero attached hydrogens (tertiary/aromatic N) is 1. The summed E-state index contributed by atoms with van der Waals surface area (Å²) >= 11 is 0. The van der Waals surface area contributed by atoms with Gasteiger partial charge in [0.15, 0.2) is 0 Å². The lowest BCUT2D eigenvalue weighted by Crippen LogP contribution is -2.19. The highest BCUT2D eigenvalue weighted by molar-refractivity contribution is 6.04. The molecular weight excluding hydrogens is 280 g/mol. The van der Waals surface area contributed by atoms with E-state index in [2.05, 4.69) is 10.6 Å². The Balaban J connectivity index is 2.03. The average Bonchev–Trinajstić information content (AvgIpc) is 2.48. The smallest absolute Gasteiger partial charge is 0.316 e. The third kappa shape index (κ3) is 3.99. The van der Waals surface area contributed by atoms with Gasteiger partial charge in [-0.3, -0.25) is 4.79 Å². The number of hydrogen-bond acceptors (Lipinski definition) is 3.